The minimum absolute atomic E-state index is 0.0644. The predicted molar refractivity (Wildman–Crippen MR) is 203 cm³/mol. The van der Waals surface area contributed by atoms with E-state index in [4.69, 9.17) is 9.47 Å². The van der Waals surface area contributed by atoms with Crippen LogP contribution in [0.4, 0.5) is 4.79 Å². The molecule has 10 nitrogen and oxygen atoms in total. The molecule has 0 saturated carbocycles. The maximum Gasteiger partial charge on any atom is 0.408 e. The number of hydrogen-bond acceptors (Lipinski definition) is 7. The van der Waals surface area contributed by atoms with Crippen molar-refractivity contribution in [1.29, 1.82) is 0 Å². The van der Waals surface area contributed by atoms with Crippen molar-refractivity contribution in [3.8, 4) is 5.75 Å². The highest BCUT2D eigenvalue weighted by molar-refractivity contribution is 5.94. The van der Waals surface area contributed by atoms with E-state index in [1.165, 1.54) is 17.0 Å². The van der Waals surface area contributed by atoms with Crippen LogP contribution in [-0.2, 0) is 36.7 Å². The van der Waals surface area contributed by atoms with Crippen molar-refractivity contribution in [3.63, 3.8) is 0 Å². The quantitative estimate of drug-likeness (QED) is 0.111. The van der Waals surface area contributed by atoms with E-state index in [1.807, 2.05) is 69.3 Å². The molecule has 0 aliphatic heterocycles. The molecule has 3 atom stereocenters. The third-order valence-electron chi connectivity index (χ3n) is 8.06. The Kier molecular flexibility index (Phi) is 14.8. The minimum Gasteiger partial charge on any atom is -0.508 e. The average Bonchev–Trinajstić information content (AvgIpc) is 3.02. The lowest BCUT2D eigenvalue weighted by Crippen LogP contribution is -2.55. The number of aromatic hydroxyl groups is 1. The summed E-state index contributed by atoms with van der Waals surface area (Å²) in [6.07, 6.45) is 1.72. The Morgan fingerprint density at radius 2 is 1.29 bits per heavy atom. The van der Waals surface area contributed by atoms with Gasteiger partial charge in [0.25, 0.3) is 0 Å². The summed E-state index contributed by atoms with van der Waals surface area (Å²) >= 11 is 0. The van der Waals surface area contributed by atoms with Gasteiger partial charge in [-0.2, -0.15) is 0 Å². The van der Waals surface area contributed by atoms with Crippen LogP contribution in [0.1, 0.15) is 102 Å². The van der Waals surface area contributed by atoms with E-state index in [-0.39, 0.29) is 25.1 Å². The number of ether oxygens (including phenoxy) is 2. The summed E-state index contributed by atoms with van der Waals surface area (Å²) in [5, 5.41) is 15.7. The lowest BCUT2D eigenvalue weighted by Gasteiger charge is -2.36. The molecule has 3 aromatic rings. The first-order valence-corrected chi connectivity index (χ1v) is 18.1. The minimum atomic E-state index is -1.16. The van der Waals surface area contributed by atoms with Gasteiger partial charge in [0.15, 0.2) is 0 Å². The van der Waals surface area contributed by atoms with Crippen LogP contribution < -0.4 is 10.6 Å². The van der Waals surface area contributed by atoms with Crippen LogP contribution in [0.3, 0.4) is 0 Å². The van der Waals surface area contributed by atoms with Gasteiger partial charge >= 0.3 is 12.1 Å². The molecular weight excluding hydrogens is 658 g/mol. The second-order valence-corrected chi connectivity index (χ2v) is 15.4. The fourth-order valence-corrected chi connectivity index (χ4v) is 5.92. The third-order valence-corrected chi connectivity index (χ3v) is 8.06. The van der Waals surface area contributed by atoms with Crippen LogP contribution in [-0.4, -0.2) is 63.7 Å². The van der Waals surface area contributed by atoms with Crippen molar-refractivity contribution >= 4 is 23.9 Å². The van der Waals surface area contributed by atoms with Crippen LogP contribution in [0.2, 0.25) is 0 Å². The SMILES string of the molecule is CCCCCN(C(=O)C(Cc1ccc(O)cc1)NC(=O)OC(C)(C)C)C(C(=O)NC(Cc1ccccc1)C(=O)OC(C)(C)C)c1cc(C)cc(C)c1. The Labute approximate surface area is 309 Å². The number of phenolic OH excluding ortho intramolecular Hbond substituents is 1. The van der Waals surface area contributed by atoms with Gasteiger partial charge in [0.1, 0.15) is 35.1 Å². The summed E-state index contributed by atoms with van der Waals surface area (Å²) < 4.78 is 11.3. The molecule has 52 heavy (non-hydrogen) atoms. The summed E-state index contributed by atoms with van der Waals surface area (Å²) in [6.45, 7) is 16.6. The largest absolute Gasteiger partial charge is 0.508 e. The molecule has 0 spiro atoms. The normalized spacial score (nSPS) is 13.3. The molecule has 3 amide bonds. The number of nitrogens with zero attached hydrogens (tertiary/aromatic N) is 1. The number of esters is 1. The van der Waals surface area contributed by atoms with E-state index in [9.17, 15) is 24.3 Å². The second-order valence-electron chi connectivity index (χ2n) is 15.4. The molecule has 3 N–H and O–H groups in total. The molecule has 3 rings (SSSR count). The van der Waals surface area contributed by atoms with Crippen LogP contribution in [0, 0.1) is 13.8 Å². The number of carbonyl (C=O) groups is 4. The first kappa shape index (κ1) is 41.6. The van der Waals surface area contributed by atoms with Gasteiger partial charge in [0, 0.05) is 19.4 Å². The lowest BCUT2D eigenvalue weighted by atomic mass is 9.96. The second kappa shape index (κ2) is 18.6. The van der Waals surface area contributed by atoms with Gasteiger partial charge in [0.05, 0.1) is 0 Å². The van der Waals surface area contributed by atoms with Gasteiger partial charge in [-0.25, -0.2) is 9.59 Å². The predicted octanol–water partition coefficient (Wildman–Crippen LogP) is 7.27. The molecule has 0 aliphatic carbocycles. The zero-order chi connectivity index (χ0) is 38.6. The van der Waals surface area contributed by atoms with Crippen LogP contribution in [0.5, 0.6) is 5.75 Å². The van der Waals surface area contributed by atoms with Crippen LogP contribution in [0.25, 0.3) is 0 Å². The van der Waals surface area contributed by atoms with Crippen molar-refractivity contribution in [2.75, 3.05) is 6.54 Å². The molecular formula is C42H57N3O7. The molecule has 0 heterocycles. The molecule has 0 aromatic heterocycles. The monoisotopic (exact) mass is 715 g/mol. The van der Waals surface area contributed by atoms with E-state index >= 15 is 0 Å². The Bertz CT molecular complexity index is 1620. The van der Waals surface area contributed by atoms with Crippen LogP contribution in [0.15, 0.2) is 72.8 Å². The lowest BCUT2D eigenvalue weighted by molar-refractivity contribution is -0.159. The number of aryl methyl sites for hydroxylation is 2. The van der Waals surface area contributed by atoms with Gasteiger partial charge in [0.2, 0.25) is 11.8 Å². The summed E-state index contributed by atoms with van der Waals surface area (Å²) in [4.78, 5) is 58.1. The number of hydrogen-bond donors (Lipinski definition) is 3. The van der Waals surface area contributed by atoms with Crippen molar-refractivity contribution in [1.82, 2.24) is 15.5 Å². The van der Waals surface area contributed by atoms with Crippen molar-refractivity contribution < 1.29 is 33.8 Å². The first-order valence-electron chi connectivity index (χ1n) is 18.1. The van der Waals surface area contributed by atoms with E-state index in [2.05, 4.69) is 10.6 Å². The number of rotatable bonds is 15. The Balaban J connectivity index is 2.16. The highest BCUT2D eigenvalue weighted by Crippen LogP contribution is 2.27. The van der Waals surface area contributed by atoms with Gasteiger partial charge in [-0.15, -0.1) is 0 Å². The summed E-state index contributed by atoms with van der Waals surface area (Å²) in [6, 6.07) is 18.1. The molecule has 3 aromatic carbocycles. The molecule has 0 fully saturated rings. The summed E-state index contributed by atoms with van der Waals surface area (Å²) in [5.41, 5.74) is 2.25. The van der Waals surface area contributed by atoms with E-state index in [0.717, 1.165) is 29.5 Å². The Morgan fingerprint density at radius 1 is 0.731 bits per heavy atom. The highest BCUT2D eigenvalue weighted by Gasteiger charge is 2.38. The van der Waals surface area contributed by atoms with E-state index in [1.54, 1.807) is 53.7 Å². The Hall–Kier alpha value is -4.86. The van der Waals surface area contributed by atoms with Crippen molar-refractivity contribution in [2.24, 2.45) is 0 Å². The Morgan fingerprint density at radius 3 is 1.85 bits per heavy atom. The maximum absolute atomic E-state index is 14.9. The average molecular weight is 716 g/mol. The molecule has 0 aliphatic rings. The van der Waals surface area contributed by atoms with Crippen LogP contribution >= 0.6 is 0 Å². The van der Waals surface area contributed by atoms with Crippen molar-refractivity contribution in [2.45, 2.75) is 124 Å². The summed E-state index contributed by atoms with van der Waals surface area (Å²) in [7, 11) is 0. The number of carbonyl (C=O) groups excluding carboxylic acids is 4. The smallest absolute Gasteiger partial charge is 0.408 e. The summed E-state index contributed by atoms with van der Waals surface area (Å²) in [5.74, 6) is -1.58. The van der Waals surface area contributed by atoms with Gasteiger partial charge in [-0.3, -0.25) is 9.59 Å². The molecule has 3 unspecified atom stereocenters. The van der Waals surface area contributed by atoms with Gasteiger partial charge in [-0.05, 0) is 90.6 Å². The zero-order valence-corrected chi connectivity index (χ0v) is 32.2. The zero-order valence-electron chi connectivity index (χ0n) is 32.2. The number of unbranched alkanes of at least 4 members (excludes halogenated alkanes) is 2. The van der Waals surface area contributed by atoms with Gasteiger partial charge < -0.3 is 30.1 Å². The van der Waals surface area contributed by atoms with Gasteiger partial charge in [-0.1, -0.05) is 91.6 Å². The van der Waals surface area contributed by atoms with E-state index in [0.29, 0.717) is 17.5 Å². The fraction of sp³-hybridized carbons (Fsp3) is 0.476. The fourth-order valence-electron chi connectivity index (χ4n) is 5.92. The maximum atomic E-state index is 14.9. The molecule has 10 heteroatoms. The number of amides is 3. The first-order chi connectivity index (χ1) is 24.3. The molecule has 282 valence electrons. The topological polar surface area (TPSA) is 134 Å². The third kappa shape index (κ3) is 13.7. The standard InChI is InChI=1S/C42H57N3O7/c1-10-11-15-22-45(38(48)34(44-40(50)52-42(7,8)9)26-31-18-20-33(46)21-19-31)36(32-24-28(2)23-29(3)25-32)37(47)43-35(39(49)51-41(4,5)6)27-30-16-13-12-14-17-30/h12-14,16-21,23-25,34-36,46H,10-11,15,22,26-27H2,1-9H3,(H,43,47)(H,44,50). The van der Waals surface area contributed by atoms with Crippen molar-refractivity contribution in [3.05, 3.63) is 101 Å². The molecule has 0 radical (unpaired) electrons. The number of benzene rings is 3. The highest BCUT2D eigenvalue weighted by atomic mass is 16.6. The van der Waals surface area contributed by atoms with E-state index < -0.39 is 53.2 Å². The molecule has 0 bridgehead atoms. The number of phenols is 1. The molecule has 0 saturated heterocycles. The number of alkyl carbamates (subject to hydrolysis) is 1. The number of nitrogens with one attached hydrogen (secondary N) is 2.